The van der Waals surface area contributed by atoms with Crippen molar-refractivity contribution >= 4 is 19.2 Å². The molecule has 0 radical (unpaired) electrons. The van der Waals surface area contributed by atoms with E-state index >= 15 is 0 Å². The highest BCUT2D eigenvalue weighted by molar-refractivity contribution is 7.54. The highest BCUT2D eigenvalue weighted by atomic mass is 35.5. The van der Waals surface area contributed by atoms with E-state index in [9.17, 15) is 4.57 Å². The molecule has 1 aliphatic rings. The van der Waals surface area contributed by atoms with E-state index in [-0.39, 0.29) is 11.8 Å². The zero-order valence-corrected chi connectivity index (χ0v) is 11.6. The lowest BCUT2D eigenvalue weighted by Gasteiger charge is -2.32. The van der Waals surface area contributed by atoms with E-state index in [0.717, 1.165) is 5.56 Å². The normalized spacial score (nSPS) is 29.5. The number of hydrogen-bond donors (Lipinski definition) is 0. The SMILES string of the molecule is CC(C)P1(=O)OCCC(c2ccccc2Cl)O1. The van der Waals surface area contributed by atoms with Gasteiger partial charge in [-0.3, -0.25) is 4.57 Å². The zero-order valence-electron chi connectivity index (χ0n) is 9.93. The van der Waals surface area contributed by atoms with Crippen LogP contribution in [0.1, 0.15) is 31.9 Å². The molecule has 3 nitrogen and oxygen atoms in total. The van der Waals surface area contributed by atoms with Crippen LogP contribution in [-0.4, -0.2) is 12.3 Å². The van der Waals surface area contributed by atoms with Crippen LogP contribution in [0.25, 0.3) is 0 Å². The van der Waals surface area contributed by atoms with E-state index < -0.39 is 7.60 Å². The highest BCUT2D eigenvalue weighted by Gasteiger charge is 2.37. The molecule has 0 N–H and O–H groups in total. The first kappa shape index (κ1) is 13.1. The van der Waals surface area contributed by atoms with Gasteiger partial charge in [-0.2, -0.15) is 0 Å². The Labute approximate surface area is 107 Å². The van der Waals surface area contributed by atoms with E-state index in [1.54, 1.807) is 0 Å². The van der Waals surface area contributed by atoms with Crippen LogP contribution in [0.4, 0.5) is 0 Å². The molecule has 0 spiro atoms. The Hall–Kier alpha value is -0.340. The fourth-order valence-corrected chi connectivity index (χ4v) is 3.56. The molecule has 94 valence electrons. The second kappa shape index (κ2) is 5.11. The third-order valence-corrected chi connectivity index (χ3v) is 5.51. The summed E-state index contributed by atoms with van der Waals surface area (Å²) in [4.78, 5) is 0. The van der Waals surface area contributed by atoms with Gasteiger partial charge in [-0.1, -0.05) is 43.6 Å². The molecule has 0 saturated carbocycles. The molecule has 1 aromatic carbocycles. The predicted molar refractivity (Wildman–Crippen MR) is 68.6 cm³/mol. The van der Waals surface area contributed by atoms with Gasteiger partial charge in [0.2, 0.25) is 0 Å². The summed E-state index contributed by atoms with van der Waals surface area (Å²) in [5.41, 5.74) is 0.756. The number of benzene rings is 1. The molecular formula is C12H16ClO3P. The molecule has 1 saturated heterocycles. The van der Waals surface area contributed by atoms with Gasteiger partial charge in [0, 0.05) is 17.0 Å². The van der Waals surface area contributed by atoms with Crippen molar-refractivity contribution in [3.63, 3.8) is 0 Å². The molecule has 1 heterocycles. The number of halogens is 1. The Balaban J connectivity index is 2.24. The average molecular weight is 275 g/mol. The van der Waals surface area contributed by atoms with Crippen molar-refractivity contribution < 1.29 is 13.6 Å². The van der Waals surface area contributed by atoms with Crippen molar-refractivity contribution in [2.45, 2.75) is 32.0 Å². The van der Waals surface area contributed by atoms with E-state index in [2.05, 4.69) is 0 Å². The molecule has 0 aliphatic carbocycles. The number of rotatable bonds is 2. The lowest BCUT2D eigenvalue weighted by Crippen LogP contribution is -2.18. The van der Waals surface area contributed by atoms with Gasteiger partial charge in [0.05, 0.1) is 18.4 Å². The molecule has 0 amide bonds. The lowest BCUT2D eigenvalue weighted by atomic mass is 10.1. The summed E-state index contributed by atoms with van der Waals surface area (Å²) in [6, 6.07) is 7.49. The molecule has 5 heteroatoms. The summed E-state index contributed by atoms with van der Waals surface area (Å²) in [5, 5.41) is 0.648. The van der Waals surface area contributed by atoms with Gasteiger partial charge in [-0.05, 0) is 6.07 Å². The van der Waals surface area contributed by atoms with Gasteiger partial charge in [-0.15, -0.1) is 0 Å². The van der Waals surface area contributed by atoms with Crippen molar-refractivity contribution in [1.29, 1.82) is 0 Å². The van der Waals surface area contributed by atoms with Gasteiger partial charge in [-0.25, -0.2) is 0 Å². The van der Waals surface area contributed by atoms with Gasteiger partial charge in [0.1, 0.15) is 0 Å². The summed E-state index contributed by atoms with van der Waals surface area (Å²) in [6.07, 6.45) is 0.450. The topological polar surface area (TPSA) is 35.5 Å². The van der Waals surface area contributed by atoms with Crippen molar-refractivity contribution in [1.82, 2.24) is 0 Å². The van der Waals surface area contributed by atoms with E-state index in [0.29, 0.717) is 18.1 Å². The van der Waals surface area contributed by atoms with Crippen LogP contribution in [-0.2, 0) is 13.6 Å². The van der Waals surface area contributed by atoms with Crippen molar-refractivity contribution in [3.8, 4) is 0 Å². The smallest absolute Gasteiger partial charge is 0.308 e. The summed E-state index contributed by atoms with van der Waals surface area (Å²) < 4.78 is 23.3. The van der Waals surface area contributed by atoms with Gasteiger partial charge in [0.25, 0.3) is 0 Å². The molecule has 17 heavy (non-hydrogen) atoms. The molecule has 0 aromatic heterocycles. The molecule has 1 aliphatic heterocycles. The Bertz CT molecular complexity index is 447. The molecule has 1 aromatic rings. The van der Waals surface area contributed by atoms with Crippen molar-refractivity contribution in [3.05, 3.63) is 34.9 Å². The first-order valence-electron chi connectivity index (χ1n) is 5.70. The highest BCUT2D eigenvalue weighted by Crippen LogP contribution is 2.59. The summed E-state index contributed by atoms with van der Waals surface area (Å²) >= 11 is 6.12. The monoisotopic (exact) mass is 274 g/mol. The fourth-order valence-electron chi connectivity index (χ4n) is 1.77. The van der Waals surface area contributed by atoms with E-state index in [1.807, 2.05) is 38.1 Å². The Morgan fingerprint density at radius 3 is 2.76 bits per heavy atom. The van der Waals surface area contributed by atoms with E-state index in [1.165, 1.54) is 0 Å². The van der Waals surface area contributed by atoms with Gasteiger partial charge < -0.3 is 9.05 Å². The Kier molecular flexibility index (Phi) is 3.94. The average Bonchev–Trinajstić information content (AvgIpc) is 2.29. The van der Waals surface area contributed by atoms with Crippen LogP contribution < -0.4 is 0 Å². The first-order valence-corrected chi connectivity index (χ1v) is 7.69. The van der Waals surface area contributed by atoms with E-state index in [4.69, 9.17) is 20.6 Å². The van der Waals surface area contributed by atoms with Gasteiger partial charge >= 0.3 is 7.60 Å². The minimum absolute atomic E-state index is 0.132. The van der Waals surface area contributed by atoms with Crippen molar-refractivity contribution in [2.24, 2.45) is 0 Å². The van der Waals surface area contributed by atoms with Crippen LogP contribution in [0.3, 0.4) is 0 Å². The summed E-state index contributed by atoms with van der Waals surface area (Å²) in [7, 11) is -2.99. The van der Waals surface area contributed by atoms with Crippen LogP contribution in [0.15, 0.2) is 24.3 Å². The number of hydrogen-bond acceptors (Lipinski definition) is 3. The molecule has 1 fully saturated rings. The molecular weight excluding hydrogens is 259 g/mol. The molecule has 2 unspecified atom stereocenters. The second-order valence-electron chi connectivity index (χ2n) is 4.37. The predicted octanol–water partition coefficient (Wildman–Crippen LogP) is 4.42. The lowest BCUT2D eigenvalue weighted by molar-refractivity contribution is 0.0782. The quantitative estimate of drug-likeness (QED) is 0.749. The third kappa shape index (κ3) is 2.74. The Morgan fingerprint density at radius 1 is 1.41 bits per heavy atom. The maximum absolute atomic E-state index is 12.3. The largest absolute Gasteiger partial charge is 0.333 e. The van der Waals surface area contributed by atoms with Crippen molar-refractivity contribution in [2.75, 3.05) is 6.61 Å². The third-order valence-electron chi connectivity index (χ3n) is 2.81. The molecule has 0 bridgehead atoms. The molecule has 2 atom stereocenters. The minimum atomic E-state index is -2.99. The Morgan fingerprint density at radius 2 is 2.12 bits per heavy atom. The van der Waals surface area contributed by atoms with Crippen LogP contribution >= 0.6 is 19.2 Å². The summed E-state index contributed by atoms with van der Waals surface area (Å²) in [5.74, 6) is 0. The maximum Gasteiger partial charge on any atom is 0.333 e. The first-order chi connectivity index (χ1) is 8.03. The minimum Gasteiger partial charge on any atom is -0.308 e. The van der Waals surface area contributed by atoms with Crippen LogP contribution in [0.5, 0.6) is 0 Å². The fraction of sp³-hybridized carbons (Fsp3) is 0.500. The van der Waals surface area contributed by atoms with Gasteiger partial charge in [0.15, 0.2) is 0 Å². The summed E-state index contributed by atoms with van der Waals surface area (Å²) in [6.45, 7) is 4.14. The standard InChI is InChI=1S/C12H16ClO3P/c1-9(2)17(14)15-8-7-12(16-17)10-5-3-4-6-11(10)13/h3-6,9,12H,7-8H2,1-2H3. The maximum atomic E-state index is 12.3. The zero-order chi connectivity index (χ0) is 12.5. The second-order valence-corrected chi connectivity index (χ2v) is 7.36. The molecule has 2 rings (SSSR count). The van der Waals surface area contributed by atoms with Crippen LogP contribution in [0, 0.1) is 0 Å². The van der Waals surface area contributed by atoms with Crippen LogP contribution in [0.2, 0.25) is 5.02 Å².